The summed E-state index contributed by atoms with van der Waals surface area (Å²) in [4.78, 5) is 17.2. The number of rotatable bonds is 3. The molecule has 4 rings (SSSR count). The van der Waals surface area contributed by atoms with Gasteiger partial charge in [-0.15, -0.1) is 0 Å². The lowest BCUT2D eigenvalue weighted by Gasteiger charge is -2.02. The highest BCUT2D eigenvalue weighted by molar-refractivity contribution is 9.10. The van der Waals surface area contributed by atoms with Gasteiger partial charge in [-0.3, -0.25) is 4.79 Å². The highest BCUT2D eigenvalue weighted by Gasteiger charge is 2.24. The summed E-state index contributed by atoms with van der Waals surface area (Å²) < 4.78 is 6.68. The first-order valence-corrected chi connectivity index (χ1v) is 10.5. The van der Waals surface area contributed by atoms with Crippen LogP contribution in [0.15, 0.2) is 73.4 Å². The summed E-state index contributed by atoms with van der Waals surface area (Å²) in [6.45, 7) is 0. The van der Waals surface area contributed by atoms with Crippen molar-refractivity contribution in [1.29, 1.82) is 0 Å². The van der Waals surface area contributed by atoms with Crippen molar-refractivity contribution in [2.45, 2.75) is 0 Å². The van der Waals surface area contributed by atoms with Crippen LogP contribution in [0.25, 0.3) is 17.4 Å². The van der Waals surface area contributed by atoms with Crippen molar-refractivity contribution in [1.82, 2.24) is 5.32 Å². The Balaban J connectivity index is 1.60. The molecule has 140 valence electrons. The van der Waals surface area contributed by atoms with Crippen molar-refractivity contribution in [3.8, 4) is 11.3 Å². The SMILES string of the molecule is O=C1NC(=Nc2ccccc2Br)S/C1=C/c1ccc(-c2c(Cl)cccc2Cl)o1. The number of nitrogens with one attached hydrogen (secondary N) is 1. The predicted molar refractivity (Wildman–Crippen MR) is 119 cm³/mol. The standard InChI is InChI=1S/C20H11BrCl2N2O2S/c21-12-4-1-2-7-15(12)24-20-25-19(26)17(28-20)10-11-8-9-16(27-11)18-13(22)5-3-6-14(18)23/h1-10H,(H,24,25,26)/b17-10+. The smallest absolute Gasteiger partial charge is 0.264 e. The Hall–Kier alpha value is -1.99. The van der Waals surface area contributed by atoms with E-state index < -0.39 is 0 Å². The van der Waals surface area contributed by atoms with Crippen LogP contribution in [0.5, 0.6) is 0 Å². The van der Waals surface area contributed by atoms with E-state index in [4.69, 9.17) is 27.6 Å². The van der Waals surface area contributed by atoms with Crippen LogP contribution >= 0.6 is 50.9 Å². The number of hydrogen-bond donors (Lipinski definition) is 1. The molecule has 28 heavy (non-hydrogen) atoms. The molecular weight excluding hydrogens is 483 g/mol. The van der Waals surface area contributed by atoms with Gasteiger partial charge in [0.2, 0.25) is 0 Å². The highest BCUT2D eigenvalue weighted by atomic mass is 79.9. The molecule has 1 saturated heterocycles. The van der Waals surface area contributed by atoms with E-state index in [-0.39, 0.29) is 5.91 Å². The number of thioether (sulfide) groups is 1. The number of carbonyl (C=O) groups excluding carboxylic acids is 1. The van der Waals surface area contributed by atoms with Crippen LogP contribution in [0, 0.1) is 0 Å². The lowest BCUT2D eigenvalue weighted by atomic mass is 10.2. The van der Waals surface area contributed by atoms with Crippen LogP contribution in [0.4, 0.5) is 5.69 Å². The maximum absolute atomic E-state index is 12.3. The van der Waals surface area contributed by atoms with Crippen LogP contribution in [0.2, 0.25) is 10.0 Å². The maximum Gasteiger partial charge on any atom is 0.264 e. The molecule has 0 unspecified atom stereocenters. The zero-order chi connectivity index (χ0) is 19.7. The van der Waals surface area contributed by atoms with Gasteiger partial charge < -0.3 is 9.73 Å². The second-order valence-corrected chi connectivity index (χ2v) is 8.43. The number of amidine groups is 1. The third-order valence-corrected chi connectivity index (χ3v) is 6.05. The first-order chi connectivity index (χ1) is 13.5. The fourth-order valence-corrected chi connectivity index (χ4v) is 4.33. The molecule has 0 atom stereocenters. The summed E-state index contributed by atoms with van der Waals surface area (Å²) in [5, 5.41) is 4.26. The summed E-state index contributed by atoms with van der Waals surface area (Å²) >= 11 is 17.1. The quantitative estimate of drug-likeness (QED) is 0.403. The fraction of sp³-hybridized carbons (Fsp3) is 0. The molecule has 1 aromatic heterocycles. The molecule has 8 heteroatoms. The van der Waals surface area contributed by atoms with E-state index in [0.717, 1.165) is 10.2 Å². The Morgan fingerprint density at radius 1 is 1.04 bits per heavy atom. The molecule has 0 aliphatic carbocycles. The van der Waals surface area contributed by atoms with Crippen molar-refractivity contribution in [3.05, 3.63) is 79.8 Å². The minimum absolute atomic E-state index is 0.232. The molecule has 4 nitrogen and oxygen atoms in total. The molecule has 1 fully saturated rings. The van der Waals surface area contributed by atoms with Crippen LogP contribution in [-0.2, 0) is 4.79 Å². The second-order valence-electron chi connectivity index (χ2n) is 5.73. The average molecular weight is 494 g/mol. The summed E-state index contributed by atoms with van der Waals surface area (Å²) in [5.41, 5.74) is 1.36. The maximum atomic E-state index is 12.3. The molecule has 1 aliphatic heterocycles. The van der Waals surface area contributed by atoms with E-state index in [1.807, 2.05) is 24.3 Å². The minimum atomic E-state index is -0.232. The van der Waals surface area contributed by atoms with Gasteiger partial charge in [0, 0.05) is 10.5 Å². The van der Waals surface area contributed by atoms with Gasteiger partial charge >= 0.3 is 0 Å². The Bertz CT molecular complexity index is 1120. The molecule has 1 aliphatic rings. The van der Waals surface area contributed by atoms with E-state index in [9.17, 15) is 4.79 Å². The van der Waals surface area contributed by atoms with Crippen molar-refractivity contribution in [3.63, 3.8) is 0 Å². The van der Waals surface area contributed by atoms with Crippen molar-refractivity contribution in [2.75, 3.05) is 0 Å². The number of halogens is 3. The van der Waals surface area contributed by atoms with Gasteiger partial charge in [0.1, 0.15) is 11.5 Å². The topological polar surface area (TPSA) is 54.6 Å². The largest absolute Gasteiger partial charge is 0.457 e. The van der Waals surface area contributed by atoms with E-state index >= 15 is 0 Å². The van der Waals surface area contributed by atoms with Gasteiger partial charge in [-0.05, 0) is 64.1 Å². The predicted octanol–water partition coefficient (Wildman–Crippen LogP) is 6.91. The molecule has 2 heterocycles. The Labute approximate surface area is 183 Å². The third kappa shape index (κ3) is 4.05. The van der Waals surface area contributed by atoms with Gasteiger partial charge in [-0.25, -0.2) is 4.99 Å². The van der Waals surface area contributed by atoms with Gasteiger partial charge in [-0.2, -0.15) is 0 Å². The number of nitrogens with zero attached hydrogens (tertiary/aromatic N) is 1. The molecule has 1 N–H and O–H groups in total. The zero-order valence-corrected chi connectivity index (χ0v) is 18.0. The number of carbonyl (C=O) groups is 1. The summed E-state index contributed by atoms with van der Waals surface area (Å²) in [6, 6.07) is 16.3. The highest BCUT2D eigenvalue weighted by Crippen LogP contribution is 2.37. The molecule has 1 amide bonds. The first-order valence-electron chi connectivity index (χ1n) is 8.09. The molecule has 0 spiro atoms. The lowest BCUT2D eigenvalue weighted by molar-refractivity contribution is -0.115. The van der Waals surface area contributed by atoms with Crippen LogP contribution < -0.4 is 5.32 Å². The molecule has 2 aromatic carbocycles. The Morgan fingerprint density at radius 2 is 1.79 bits per heavy atom. The molecule has 0 saturated carbocycles. The van der Waals surface area contributed by atoms with Gasteiger partial charge in [-0.1, -0.05) is 41.4 Å². The first kappa shape index (κ1) is 19.3. The number of hydrogen-bond acceptors (Lipinski definition) is 4. The summed E-state index contributed by atoms with van der Waals surface area (Å²) in [7, 11) is 0. The second kappa shape index (κ2) is 8.17. The van der Waals surface area contributed by atoms with Gasteiger partial charge in [0.15, 0.2) is 5.17 Å². The summed E-state index contributed by atoms with van der Waals surface area (Å²) in [6.07, 6.45) is 1.66. The third-order valence-electron chi connectivity index (χ3n) is 3.83. The normalized spacial score (nSPS) is 16.8. The number of benzene rings is 2. The van der Waals surface area contributed by atoms with Crippen LogP contribution in [0.1, 0.15) is 5.76 Å². The van der Waals surface area contributed by atoms with E-state index in [2.05, 4.69) is 26.2 Å². The van der Waals surface area contributed by atoms with E-state index in [0.29, 0.717) is 37.2 Å². The average Bonchev–Trinajstić information content (AvgIpc) is 3.24. The number of aliphatic imine (C=N–C) groups is 1. The van der Waals surface area contributed by atoms with E-state index in [1.165, 1.54) is 11.8 Å². The van der Waals surface area contributed by atoms with E-state index in [1.54, 1.807) is 36.4 Å². The van der Waals surface area contributed by atoms with Crippen molar-refractivity contribution < 1.29 is 9.21 Å². The summed E-state index contributed by atoms with van der Waals surface area (Å²) in [5.74, 6) is 0.822. The van der Waals surface area contributed by atoms with Crippen LogP contribution in [-0.4, -0.2) is 11.1 Å². The zero-order valence-electron chi connectivity index (χ0n) is 14.1. The molecule has 0 bridgehead atoms. The van der Waals surface area contributed by atoms with Crippen molar-refractivity contribution in [2.24, 2.45) is 4.99 Å². The monoisotopic (exact) mass is 492 g/mol. The molecule has 0 radical (unpaired) electrons. The number of furan rings is 1. The van der Waals surface area contributed by atoms with Crippen molar-refractivity contribution >= 4 is 73.7 Å². The lowest BCUT2D eigenvalue weighted by Crippen LogP contribution is -2.19. The molecular formula is C20H11BrCl2N2O2S. The Morgan fingerprint density at radius 3 is 2.54 bits per heavy atom. The van der Waals surface area contributed by atoms with Crippen LogP contribution in [0.3, 0.4) is 0 Å². The Kier molecular flexibility index (Phi) is 5.64. The fourth-order valence-electron chi connectivity index (χ4n) is 2.56. The molecule has 3 aromatic rings. The number of para-hydroxylation sites is 1. The van der Waals surface area contributed by atoms with Gasteiger partial charge in [0.25, 0.3) is 5.91 Å². The van der Waals surface area contributed by atoms with Gasteiger partial charge in [0.05, 0.1) is 26.2 Å². The number of amides is 1. The minimum Gasteiger partial charge on any atom is -0.457 e.